The van der Waals surface area contributed by atoms with Gasteiger partial charge in [0.25, 0.3) is 0 Å². The van der Waals surface area contributed by atoms with E-state index >= 15 is 0 Å². The van der Waals surface area contributed by atoms with Crippen molar-refractivity contribution < 1.29 is 72.4 Å². The Hall–Kier alpha value is -4.29. The molecule has 0 spiro atoms. The third-order valence-corrected chi connectivity index (χ3v) is 20.0. The van der Waals surface area contributed by atoms with Gasteiger partial charge in [-0.15, -0.1) is 0 Å². The Morgan fingerprint density at radius 1 is 0.533 bits per heavy atom. The maximum atomic E-state index is 14.1. The number of alkyl halides is 6. The van der Waals surface area contributed by atoms with Crippen molar-refractivity contribution in [1.29, 1.82) is 0 Å². The molecule has 0 aromatic heterocycles. The second-order valence-electron chi connectivity index (χ2n) is 16.2. The molecule has 0 N–H and O–H groups in total. The molecule has 1 atom stereocenters. The van der Waals surface area contributed by atoms with Crippen molar-refractivity contribution in [1.82, 2.24) is 0 Å². The number of hydrogen-bond donors (Lipinski definition) is 0. The van der Waals surface area contributed by atoms with Crippen LogP contribution in [0.1, 0.15) is 71.1 Å². The first kappa shape index (κ1) is 45.2. The molecular weight excluding hydrogens is 889 g/mol. The SMILES string of the molecule is CCC1C=C(C(C)(C)C)C=[C]1[Zr+2](=[C](c1ccc(C(F)(F)F)cc1)c1ccc(C(F)(F)F)cc1)[CH]1c2cc(-c3ccccc3)ccc2-c2ccc(-c3ccccc3)cc21.[Cl-].[Cl-]. The van der Waals surface area contributed by atoms with Gasteiger partial charge in [-0.25, -0.2) is 0 Å². The van der Waals surface area contributed by atoms with E-state index in [2.05, 4.69) is 101 Å². The number of benzene rings is 6. The molecule has 2 aliphatic carbocycles. The molecule has 0 amide bonds. The van der Waals surface area contributed by atoms with E-state index in [0.717, 1.165) is 78.4 Å². The standard InChI is InChI=1S/C25H17.C15H8F6.C11H17.2ClH.Zr/c1-3-7-18(8-4-1)20-11-13-24-22(15-20)17-23-16-21(12-14-25(23)24)19-9-5-2-6-10-19;16-14(17,18)12-5-1-10(2-6-12)9-11-3-7-13(8-4-11)15(19,20)21;1-5-9-6-7-10(8-9)11(2,3)4;;;/h1-17H;1-8H;7-9H,5H2,1-4H3;2*1H;/q;;;;;+2/p-2. The molecule has 0 nitrogen and oxygen atoms in total. The number of halogens is 8. The molecule has 0 fully saturated rings. The molecule has 0 aliphatic heterocycles. The first-order valence-electron chi connectivity index (χ1n) is 19.5. The number of rotatable bonds is 7. The van der Waals surface area contributed by atoms with Crippen molar-refractivity contribution in [2.24, 2.45) is 11.3 Å². The molecule has 6 aromatic carbocycles. The Bertz CT molecular complexity index is 2430. The fourth-order valence-corrected chi connectivity index (χ4v) is 18.2. The van der Waals surface area contributed by atoms with Crippen LogP contribution in [0, 0.1) is 11.3 Å². The van der Waals surface area contributed by atoms with Crippen LogP contribution in [0.25, 0.3) is 33.4 Å². The van der Waals surface area contributed by atoms with Gasteiger partial charge in [-0.3, -0.25) is 0 Å². The zero-order valence-electron chi connectivity index (χ0n) is 33.4. The van der Waals surface area contributed by atoms with Gasteiger partial charge in [-0.05, 0) is 0 Å². The van der Waals surface area contributed by atoms with Gasteiger partial charge in [-0.2, -0.15) is 0 Å². The van der Waals surface area contributed by atoms with Crippen LogP contribution in [-0.4, -0.2) is 3.21 Å². The van der Waals surface area contributed by atoms with E-state index in [0.29, 0.717) is 11.1 Å². The van der Waals surface area contributed by atoms with Crippen molar-refractivity contribution in [3.63, 3.8) is 0 Å². The van der Waals surface area contributed by atoms with E-state index in [1.54, 1.807) is 0 Å². The van der Waals surface area contributed by atoms with E-state index in [9.17, 15) is 26.3 Å². The van der Waals surface area contributed by atoms with Gasteiger partial charge in [0, 0.05) is 0 Å². The predicted molar refractivity (Wildman–Crippen MR) is 220 cm³/mol. The van der Waals surface area contributed by atoms with Gasteiger partial charge in [0.1, 0.15) is 0 Å². The normalized spacial score (nSPS) is 14.8. The van der Waals surface area contributed by atoms with Gasteiger partial charge < -0.3 is 24.8 Å². The summed E-state index contributed by atoms with van der Waals surface area (Å²) in [6.45, 7) is 8.71. The second-order valence-corrected chi connectivity index (χ2v) is 22.3. The minimum absolute atomic E-state index is 0. The zero-order valence-corrected chi connectivity index (χ0v) is 37.4. The van der Waals surface area contributed by atoms with Gasteiger partial charge in [0.15, 0.2) is 0 Å². The summed E-state index contributed by atoms with van der Waals surface area (Å²) < 4.78 is 86.4. The average molecular weight is 931 g/mol. The molecule has 0 radical (unpaired) electrons. The molecule has 8 rings (SSSR count). The topological polar surface area (TPSA) is 0 Å². The smallest absolute Gasteiger partial charge is 1.00 e. The van der Waals surface area contributed by atoms with Crippen LogP contribution in [0.5, 0.6) is 0 Å². The fourth-order valence-electron chi connectivity index (χ4n) is 8.49. The van der Waals surface area contributed by atoms with E-state index in [1.807, 2.05) is 36.4 Å². The Morgan fingerprint density at radius 2 is 0.950 bits per heavy atom. The van der Waals surface area contributed by atoms with Crippen molar-refractivity contribution in [3.05, 3.63) is 200 Å². The van der Waals surface area contributed by atoms with Crippen LogP contribution in [-0.2, 0) is 33.6 Å². The molecule has 1 unspecified atom stereocenters. The van der Waals surface area contributed by atoms with Crippen molar-refractivity contribution >= 4 is 3.21 Å². The van der Waals surface area contributed by atoms with Gasteiger partial charge in [0.05, 0.1) is 0 Å². The van der Waals surface area contributed by atoms with Gasteiger partial charge in [-0.1, -0.05) is 0 Å². The Kier molecular flexibility index (Phi) is 13.3. The molecule has 0 saturated carbocycles. The third kappa shape index (κ3) is 8.87. The first-order valence-corrected chi connectivity index (χ1v) is 23.4. The average Bonchev–Trinajstić information content (AvgIpc) is 3.79. The zero-order chi connectivity index (χ0) is 41.0. The van der Waals surface area contributed by atoms with E-state index in [4.69, 9.17) is 0 Å². The van der Waals surface area contributed by atoms with Crippen molar-refractivity contribution in [3.8, 4) is 33.4 Å². The van der Waals surface area contributed by atoms with Gasteiger partial charge >= 0.3 is 346 Å². The summed E-state index contributed by atoms with van der Waals surface area (Å²) in [6, 6.07) is 44.1. The summed E-state index contributed by atoms with van der Waals surface area (Å²) in [5, 5.41) is 0. The Labute approximate surface area is 368 Å². The molecule has 0 saturated heterocycles. The van der Waals surface area contributed by atoms with E-state index < -0.39 is 44.7 Å². The molecule has 0 heterocycles. The maximum absolute atomic E-state index is 14.1. The summed E-state index contributed by atoms with van der Waals surface area (Å²) in [7, 11) is 0. The molecule has 9 heteroatoms. The molecule has 6 aromatic rings. The maximum Gasteiger partial charge on any atom is -1.00 e. The molecule has 60 heavy (non-hydrogen) atoms. The number of hydrogen-bond acceptors (Lipinski definition) is 0. The van der Waals surface area contributed by atoms with Crippen molar-refractivity contribution in [2.75, 3.05) is 0 Å². The van der Waals surface area contributed by atoms with Crippen LogP contribution in [0.3, 0.4) is 0 Å². The minimum atomic E-state index is -4.55. The molecule has 2 aliphatic rings. The fraction of sp³-hybridized carbons (Fsp3) is 0.196. The van der Waals surface area contributed by atoms with Crippen LogP contribution in [0.15, 0.2) is 167 Å². The van der Waals surface area contributed by atoms with Crippen LogP contribution in [0.4, 0.5) is 26.3 Å². The number of fused-ring (bicyclic) bond motifs is 3. The predicted octanol–water partition coefficient (Wildman–Crippen LogP) is 8.92. The van der Waals surface area contributed by atoms with Crippen LogP contribution in [0.2, 0.25) is 0 Å². The summed E-state index contributed by atoms with van der Waals surface area (Å²) in [6.07, 6.45) is -3.59. The summed E-state index contributed by atoms with van der Waals surface area (Å²) >= 11 is -3.69. The quantitative estimate of drug-likeness (QED) is 0.141. The number of allylic oxidation sites excluding steroid dienone is 4. The van der Waals surface area contributed by atoms with Crippen molar-refractivity contribution in [2.45, 2.75) is 50.1 Å². The van der Waals surface area contributed by atoms with E-state index in [1.165, 1.54) is 33.1 Å². The minimum Gasteiger partial charge on any atom is -1.00 e. The first-order chi connectivity index (χ1) is 27.6. The second kappa shape index (κ2) is 17.6. The summed E-state index contributed by atoms with van der Waals surface area (Å²) in [4.78, 5) is 0. The molecule has 0 bridgehead atoms. The third-order valence-electron chi connectivity index (χ3n) is 11.5. The van der Waals surface area contributed by atoms with Gasteiger partial charge in [0.2, 0.25) is 0 Å². The van der Waals surface area contributed by atoms with Crippen LogP contribution < -0.4 is 24.8 Å². The molecule has 306 valence electrons. The monoisotopic (exact) mass is 928 g/mol. The Morgan fingerprint density at radius 3 is 1.32 bits per heavy atom. The largest absolute Gasteiger partial charge is 1.00 e. The van der Waals surface area contributed by atoms with Crippen LogP contribution >= 0.6 is 0 Å². The summed E-state index contributed by atoms with van der Waals surface area (Å²) in [5.41, 5.74) is 9.41. The van der Waals surface area contributed by atoms with E-state index in [-0.39, 0.29) is 39.8 Å². The molecular formula is C51H42Cl2F6Zr. The Balaban J connectivity index is 0.00000302. The summed E-state index contributed by atoms with van der Waals surface area (Å²) in [5.74, 6) is 0.0598.